The molecule has 1 unspecified atom stereocenters. The molecule has 0 bridgehead atoms. The molecular weight excluding hydrogens is 819 g/mol. The second-order valence-corrected chi connectivity index (χ2v) is 19.3. The van der Waals surface area contributed by atoms with Crippen LogP contribution in [0.15, 0.2) is 42.5 Å². The summed E-state index contributed by atoms with van der Waals surface area (Å²) in [7, 11) is -0.420. The number of hydrogen-bond donors (Lipinski definition) is 1. The molecule has 1 amide bonds. The molecule has 12 heteroatoms. The van der Waals surface area contributed by atoms with Crippen LogP contribution >= 0.6 is 67.9 Å². The van der Waals surface area contributed by atoms with Gasteiger partial charge in [0.15, 0.2) is 0 Å². The van der Waals surface area contributed by atoms with Crippen molar-refractivity contribution in [1.82, 2.24) is 14.9 Å². The van der Waals surface area contributed by atoms with E-state index in [0.717, 1.165) is 35.2 Å². The van der Waals surface area contributed by atoms with Crippen LogP contribution in [0.2, 0.25) is 0 Å². The third kappa shape index (κ3) is 6.66. The van der Waals surface area contributed by atoms with Crippen LogP contribution in [0.5, 0.6) is 0 Å². The van der Waals surface area contributed by atoms with Gasteiger partial charge in [0.2, 0.25) is 0 Å². The van der Waals surface area contributed by atoms with E-state index < -0.39 is 12.7 Å². The van der Waals surface area contributed by atoms with Crippen molar-refractivity contribution in [3.05, 3.63) is 54.1 Å². The summed E-state index contributed by atoms with van der Waals surface area (Å²) in [5.41, 5.74) is 1.43. The summed E-state index contributed by atoms with van der Waals surface area (Å²) in [5.74, 6) is 0.791. The quantitative estimate of drug-likeness (QED) is 0.142. The van der Waals surface area contributed by atoms with Crippen LogP contribution in [0.4, 0.5) is 4.79 Å². The second kappa shape index (κ2) is 12.0. The van der Waals surface area contributed by atoms with Crippen LogP contribution in [-0.4, -0.2) is 51.4 Å². The topological polar surface area (TPSA) is 76.7 Å². The number of likely N-dealkylation sites (tertiary alicyclic amines) is 1. The Kier molecular flexibility index (Phi) is 8.83. The minimum atomic E-state index is -0.518. The summed E-state index contributed by atoms with van der Waals surface area (Å²) in [6.07, 6.45) is 1.51. The van der Waals surface area contributed by atoms with Crippen molar-refractivity contribution in [3.8, 4) is 0 Å². The van der Waals surface area contributed by atoms with Crippen LogP contribution in [0.3, 0.4) is 0 Å². The second-order valence-electron chi connectivity index (χ2n) is 13.3. The molecule has 2 aliphatic heterocycles. The summed E-state index contributed by atoms with van der Waals surface area (Å²) in [6, 6.07) is 15.0. The molecule has 0 radical (unpaired) electrons. The molecule has 7 nitrogen and oxygen atoms in total. The highest BCUT2D eigenvalue weighted by Crippen LogP contribution is 2.38. The zero-order valence-electron chi connectivity index (χ0n) is 25.9. The number of amides is 1. The monoisotopic (exact) mass is 855 g/mol. The van der Waals surface area contributed by atoms with Crippen LogP contribution in [0, 0.1) is 5.77 Å². The normalized spacial score (nSPS) is 19.6. The van der Waals surface area contributed by atoms with E-state index in [-0.39, 0.29) is 23.3 Å². The van der Waals surface area contributed by atoms with Crippen molar-refractivity contribution < 1.29 is 18.8 Å². The molecule has 5 aromatic rings. The summed E-state index contributed by atoms with van der Waals surface area (Å²) >= 11 is 8.50. The molecule has 44 heavy (non-hydrogen) atoms. The van der Waals surface area contributed by atoms with Gasteiger partial charge in [0.1, 0.15) is 11.4 Å². The van der Waals surface area contributed by atoms with E-state index in [0.29, 0.717) is 6.54 Å². The van der Waals surface area contributed by atoms with Gasteiger partial charge >= 0.3 is 13.2 Å². The van der Waals surface area contributed by atoms with E-state index in [1.165, 1.54) is 25.9 Å². The van der Waals surface area contributed by atoms with E-state index >= 15 is 0 Å². The summed E-state index contributed by atoms with van der Waals surface area (Å²) < 4.78 is 23.5. The Labute approximate surface area is 293 Å². The number of ether oxygens (including phenoxy) is 1. The van der Waals surface area contributed by atoms with E-state index in [9.17, 15) is 4.79 Å². The number of nitrogens with one attached hydrogen (secondary N) is 1. The average Bonchev–Trinajstić information content (AvgIpc) is 3.70. The van der Waals surface area contributed by atoms with E-state index in [1.54, 1.807) is 4.90 Å². The molecule has 0 spiro atoms. The first-order chi connectivity index (χ1) is 20.6. The zero-order chi connectivity index (χ0) is 31.6. The molecule has 2 saturated heterocycles. The molecule has 3 aromatic heterocycles. The van der Waals surface area contributed by atoms with Gasteiger partial charge in [-0.3, -0.25) is 4.90 Å². The highest BCUT2D eigenvalue weighted by atomic mass is 127. The maximum atomic E-state index is 12.6. The smallest absolute Gasteiger partial charge is 0.444 e. The Morgan fingerprint density at radius 3 is 2.16 bits per heavy atom. The lowest BCUT2D eigenvalue weighted by Gasteiger charge is -2.32. The Hall–Kier alpha value is -1.46. The predicted octanol–water partition coefficient (Wildman–Crippen LogP) is 9.26. The molecule has 7 rings (SSSR count). The van der Waals surface area contributed by atoms with Gasteiger partial charge in [0, 0.05) is 15.9 Å². The number of imidazole rings is 1. The summed E-state index contributed by atoms with van der Waals surface area (Å²) in [5, 5.41) is 2.76. The van der Waals surface area contributed by atoms with Crippen molar-refractivity contribution in [2.45, 2.75) is 84.2 Å². The molecule has 2 aliphatic rings. The highest BCUT2D eigenvalue weighted by Gasteiger charge is 2.51. The van der Waals surface area contributed by atoms with Crippen molar-refractivity contribution in [2.75, 3.05) is 6.54 Å². The highest BCUT2D eigenvalue weighted by molar-refractivity contribution is 14.1. The van der Waals surface area contributed by atoms with Gasteiger partial charge in [-0.2, -0.15) is 0 Å². The molecule has 0 aliphatic carbocycles. The van der Waals surface area contributed by atoms with Crippen LogP contribution < -0.4 is 5.46 Å². The molecule has 1 N–H and O–H groups in total. The van der Waals surface area contributed by atoms with Crippen molar-refractivity contribution >= 4 is 118 Å². The molecule has 0 saturated carbocycles. The van der Waals surface area contributed by atoms with Gasteiger partial charge in [0.25, 0.3) is 0 Å². The van der Waals surface area contributed by atoms with Gasteiger partial charge in [-0.25, -0.2) is 9.78 Å². The first-order valence-electron chi connectivity index (χ1n) is 14.7. The van der Waals surface area contributed by atoms with Gasteiger partial charge in [0.05, 0.1) is 34.0 Å². The SMILES string of the molecule is CC(C)(C)OC(=O)N1CCCC1c1nc2ccc(B3OC(C)(C)C(C)(C)O3)cc2[nH]1.Ic1cc2cc3sc(I)cc3cc2s1. The number of halogens is 2. The van der Waals surface area contributed by atoms with Gasteiger partial charge in [-0.05, 0) is 159 Å². The van der Waals surface area contributed by atoms with Crippen molar-refractivity contribution in [3.63, 3.8) is 0 Å². The zero-order valence-corrected chi connectivity index (χ0v) is 31.9. The predicted molar refractivity (Wildman–Crippen MR) is 199 cm³/mol. The fourth-order valence-electron chi connectivity index (χ4n) is 5.43. The Morgan fingerprint density at radius 2 is 1.59 bits per heavy atom. The minimum Gasteiger partial charge on any atom is -0.444 e. The lowest BCUT2D eigenvalue weighted by Crippen LogP contribution is -2.41. The molecule has 5 heterocycles. The van der Waals surface area contributed by atoms with Crippen LogP contribution in [0.25, 0.3) is 31.2 Å². The molecular formula is C32H36BI2N3O4S2. The third-order valence-electron chi connectivity index (χ3n) is 8.34. The molecule has 1 atom stereocenters. The summed E-state index contributed by atoms with van der Waals surface area (Å²) in [6.45, 7) is 14.5. The number of H-pyrrole nitrogens is 1. The number of thiophene rings is 2. The number of carbonyl (C=O) groups is 1. The number of benzene rings is 2. The average molecular weight is 855 g/mol. The van der Waals surface area contributed by atoms with E-state index in [4.69, 9.17) is 19.0 Å². The number of aromatic nitrogens is 2. The van der Waals surface area contributed by atoms with Crippen molar-refractivity contribution in [2.24, 2.45) is 0 Å². The maximum Gasteiger partial charge on any atom is 0.494 e. The standard InChI is InChI=1S/C22H32BN3O4.C10H4I2S2/c1-20(2,3)28-19(27)26-12-8-9-17(26)18-24-15-11-10-14(13-16(15)25-18)23-29-21(4,5)22(6,7)30-23;11-9-3-5-1-7-6(2-8(5)14-9)4-10(12)13-7/h10-11,13,17H,8-9,12H2,1-7H3,(H,24,25);1-4H. The number of carbonyl (C=O) groups excluding carboxylic acids is 1. The Morgan fingerprint density at radius 1 is 1.00 bits per heavy atom. The Bertz CT molecular complexity index is 1740. The minimum absolute atomic E-state index is 0.104. The number of nitrogens with zero attached hydrogens (tertiary/aromatic N) is 2. The molecule has 2 fully saturated rings. The fraction of sp³-hybridized carbons (Fsp3) is 0.438. The fourth-order valence-corrected chi connectivity index (χ4v) is 9.16. The number of rotatable bonds is 2. The van der Waals surface area contributed by atoms with Gasteiger partial charge < -0.3 is 19.0 Å². The lowest BCUT2D eigenvalue weighted by atomic mass is 9.79. The number of aromatic amines is 1. The first-order valence-corrected chi connectivity index (χ1v) is 18.5. The van der Waals surface area contributed by atoms with Gasteiger partial charge in [-0.1, -0.05) is 6.07 Å². The van der Waals surface area contributed by atoms with Crippen LogP contribution in [-0.2, 0) is 14.0 Å². The number of fused-ring (bicyclic) bond motifs is 3. The van der Waals surface area contributed by atoms with Crippen molar-refractivity contribution in [1.29, 1.82) is 0 Å². The van der Waals surface area contributed by atoms with E-state index in [2.05, 4.69) is 74.4 Å². The summed E-state index contributed by atoms with van der Waals surface area (Å²) in [4.78, 5) is 22.6. The third-order valence-corrected chi connectivity index (χ3v) is 12.1. The van der Waals surface area contributed by atoms with Gasteiger partial charge in [-0.15, -0.1) is 22.7 Å². The number of hydrogen-bond acceptors (Lipinski definition) is 7. The van der Waals surface area contributed by atoms with Crippen LogP contribution in [0.1, 0.15) is 73.2 Å². The molecule has 232 valence electrons. The molecule has 2 aromatic carbocycles. The lowest BCUT2D eigenvalue weighted by molar-refractivity contribution is 0.00578. The Balaban J connectivity index is 0.000000202. The van der Waals surface area contributed by atoms with E-state index in [1.807, 2.05) is 89.3 Å². The maximum absolute atomic E-state index is 12.6. The largest absolute Gasteiger partial charge is 0.494 e. The first kappa shape index (κ1) is 32.5.